The summed E-state index contributed by atoms with van der Waals surface area (Å²) in [6.07, 6.45) is 13.4. The van der Waals surface area contributed by atoms with Gasteiger partial charge in [-0.15, -0.1) is 0 Å². The van der Waals surface area contributed by atoms with Crippen molar-refractivity contribution < 1.29 is 14.2 Å². The predicted octanol–water partition coefficient (Wildman–Crippen LogP) is 7.29. The molecule has 3 saturated carbocycles. The third-order valence-electron chi connectivity index (χ3n) is 9.90. The normalized spacial score (nSPS) is 49.0. The number of rotatable bonds is 2. The highest BCUT2D eigenvalue weighted by Crippen LogP contribution is 2.59. The zero-order valence-electron chi connectivity index (χ0n) is 21.5. The molecule has 8 atom stereocenters. The van der Waals surface area contributed by atoms with Crippen molar-refractivity contribution in [1.82, 2.24) is 0 Å². The second-order valence-corrected chi connectivity index (χ2v) is 12.5. The van der Waals surface area contributed by atoms with Crippen molar-refractivity contribution in [2.75, 3.05) is 0 Å². The molecular weight excluding hydrogens is 384 g/mol. The molecule has 1 heterocycles. The van der Waals surface area contributed by atoms with Crippen molar-refractivity contribution in [2.45, 2.75) is 137 Å². The fraction of sp³-hybridized carbons (Fsp3) is 0.929. The van der Waals surface area contributed by atoms with E-state index in [9.17, 15) is 0 Å². The Morgan fingerprint density at radius 2 is 1.65 bits per heavy atom. The first-order valence-electron chi connectivity index (χ1n) is 13.1. The van der Waals surface area contributed by atoms with Gasteiger partial charge in [-0.3, -0.25) is 0 Å². The molecule has 3 unspecified atom stereocenters. The molecule has 178 valence electrons. The molecule has 0 aromatic heterocycles. The van der Waals surface area contributed by atoms with Gasteiger partial charge < -0.3 is 14.2 Å². The lowest BCUT2D eigenvalue weighted by molar-refractivity contribution is -0.146. The smallest absolute Gasteiger partial charge is 0.163 e. The highest BCUT2D eigenvalue weighted by Gasteiger charge is 2.55. The first kappa shape index (κ1) is 23.8. The van der Waals surface area contributed by atoms with Crippen LogP contribution in [0, 0.1) is 28.6 Å². The van der Waals surface area contributed by atoms with Gasteiger partial charge in [0.15, 0.2) is 5.79 Å². The minimum absolute atomic E-state index is 0.243. The molecule has 0 amide bonds. The van der Waals surface area contributed by atoms with E-state index in [1.165, 1.54) is 38.5 Å². The van der Waals surface area contributed by atoms with Crippen LogP contribution in [0.5, 0.6) is 0 Å². The molecule has 0 radical (unpaired) electrons. The Morgan fingerprint density at radius 3 is 2.32 bits per heavy atom. The van der Waals surface area contributed by atoms with Crippen molar-refractivity contribution in [3.63, 3.8) is 0 Å². The number of ether oxygens (including phenoxy) is 3. The van der Waals surface area contributed by atoms with Gasteiger partial charge >= 0.3 is 0 Å². The number of allylic oxidation sites excluding steroid dienone is 2. The van der Waals surface area contributed by atoms with Crippen LogP contribution in [-0.2, 0) is 14.2 Å². The Hall–Kier alpha value is -0.380. The summed E-state index contributed by atoms with van der Waals surface area (Å²) in [7, 11) is 0. The van der Waals surface area contributed by atoms with Crippen molar-refractivity contribution in [3.8, 4) is 0 Å². The first-order chi connectivity index (χ1) is 14.5. The molecule has 1 saturated heterocycles. The maximum Gasteiger partial charge on any atom is 0.163 e. The van der Waals surface area contributed by atoms with Gasteiger partial charge in [0.25, 0.3) is 0 Å². The lowest BCUT2D eigenvalue weighted by Gasteiger charge is -2.51. The zero-order valence-corrected chi connectivity index (χ0v) is 21.5. The largest absolute Gasteiger partial charge is 0.376 e. The summed E-state index contributed by atoms with van der Waals surface area (Å²) in [5.74, 6) is 1.62. The monoisotopic (exact) mass is 432 g/mol. The highest BCUT2D eigenvalue weighted by molar-refractivity contribution is 5.20. The topological polar surface area (TPSA) is 27.7 Å². The van der Waals surface area contributed by atoms with Crippen molar-refractivity contribution in [3.05, 3.63) is 11.6 Å². The molecular formula is C28H48O3. The summed E-state index contributed by atoms with van der Waals surface area (Å²) < 4.78 is 19.4. The van der Waals surface area contributed by atoms with E-state index < -0.39 is 5.79 Å². The Balaban J connectivity index is 1.66. The van der Waals surface area contributed by atoms with Crippen molar-refractivity contribution >= 4 is 0 Å². The van der Waals surface area contributed by atoms with Gasteiger partial charge in [0, 0.05) is 0 Å². The lowest BCUT2D eigenvalue weighted by Crippen LogP contribution is -2.49. The molecule has 4 fully saturated rings. The van der Waals surface area contributed by atoms with Crippen molar-refractivity contribution in [2.24, 2.45) is 28.6 Å². The third-order valence-corrected chi connectivity index (χ3v) is 9.90. The molecule has 31 heavy (non-hydrogen) atoms. The second-order valence-electron chi connectivity index (χ2n) is 12.5. The van der Waals surface area contributed by atoms with Crippen molar-refractivity contribution in [1.29, 1.82) is 0 Å². The Kier molecular flexibility index (Phi) is 6.47. The molecule has 0 N–H and O–H groups in total. The van der Waals surface area contributed by atoms with Crippen LogP contribution < -0.4 is 0 Å². The molecule has 4 rings (SSSR count). The minimum atomic E-state index is -0.443. The molecule has 3 heteroatoms. The standard InChI is InChI=1S/C28H48O3/c1-9-20-10-11-21-14-23(29-18(2)3)15-22-16-24-25(31-26(5,6)30-24)17-28(22,8)19(4)12-13-27(20,21)7/h9,18-19,21-25H,10-17H2,1-8H3/b20-9-/t19?,21?,22?,23-,24-,25-,27-,28-/m1/s1. The van der Waals surface area contributed by atoms with E-state index in [4.69, 9.17) is 14.2 Å². The SMILES string of the molecule is C/C=C1/CCC2C[C@@H](OC(C)C)CC3C[C@H]4OC(C)(C)O[C@@H]4C[C@]3(C)C(C)CC[C@]12C. The summed E-state index contributed by atoms with van der Waals surface area (Å²) in [5, 5.41) is 0. The van der Waals surface area contributed by atoms with Crippen LogP contribution in [0.3, 0.4) is 0 Å². The number of hydrogen-bond acceptors (Lipinski definition) is 3. The van der Waals surface area contributed by atoms with Crippen LogP contribution in [0.15, 0.2) is 11.6 Å². The van der Waals surface area contributed by atoms with Crippen LogP contribution in [0.4, 0.5) is 0 Å². The van der Waals surface area contributed by atoms with Crippen LogP contribution in [0.1, 0.15) is 107 Å². The van der Waals surface area contributed by atoms with Gasteiger partial charge in [-0.05, 0) is 115 Å². The van der Waals surface area contributed by atoms with Gasteiger partial charge in [0.05, 0.1) is 24.4 Å². The van der Waals surface area contributed by atoms with E-state index in [1.807, 2.05) is 0 Å². The Bertz CT molecular complexity index is 682. The Morgan fingerprint density at radius 1 is 0.968 bits per heavy atom. The van der Waals surface area contributed by atoms with E-state index in [2.05, 4.69) is 61.5 Å². The molecule has 3 nitrogen and oxygen atoms in total. The fourth-order valence-electron chi connectivity index (χ4n) is 7.89. The number of hydrogen-bond donors (Lipinski definition) is 0. The highest BCUT2D eigenvalue weighted by atomic mass is 16.7. The summed E-state index contributed by atoms with van der Waals surface area (Å²) in [5.41, 5.74) is 2.33. The summed E-state index contributed by atoms with van der Waals surface area (Å²) in [6, 6.07) is 0. The molecule has 1 aliphatic heterocycles. The minimum Gasteiger partial charge on any atom is -0.376 e. The van der Waals surface area contributed by atoms with E-state index in [1.54, 1.807) is 5.57 Å². The molecule has 0 bridgehead atoms. The summed E-state index contributed by atoms with van der Waals surface area (Å²) in [4.78, 5) is 0. The van der Waals surface area contributed by atoms with E-state index in [0.29, 0.717) is 23.4 Å². The predicted molar refractivity (Wildman–Crippen MR) is 127 cm³/mol. The van der Waals surface area contributed by atoms with Gasteiger partial charge in [-0.25, -0.2) is 0 Å². The van der Waals surface area contributed by atoms with E-state index in [0.717, 1.165) is 18.8 Å². The average molecular weight is 433 g/mol. The van der Waals surface area contributed by atoms with Gasteiger partial charge in [0.2, 0.25) is 0 Å². The van der Waals surface area contributed by atoms with E-state index >= 15 is 0 Å². The maximum absolute atomic E-state index is 6.64. The van der Waals surface area contributed by atoms with Crippen LogP contribution in [0.25, 0.3) is 0 Å². The number of fused-ring (bicyclic) bond motifs is 3. The van der Waals surface area contributed by atoms with Gasteiger partial charge in [-0.2, -0.15) is 0 Å². The Labute approximate surface area is 191 Å². The fourth-order valence-corrected chi connectivity index (χ4v) is 7.89. The average Bonchev–Trinajstić information content (AvgIpc) is 3.13. The molecule has 3 aliphatic carbocycles. The summed E-state index contributed by atoms with van der Waals surface area (Å²) >= 11 is 0. The second kappa shape index (κ2) is 8.44. The maximum atomic E-state index is 6.64. The quantitative estimate of drug-likeness (QED) is 0.429. The molecule has 4 aliphatic rings. The van der Waals surface area contributed by atoms with E-state index in [-0.39, 0.29) is 23.7 Å². The van der Waals surface area contributed by atoms with Crippen LogP contribution in [0.2, 0.25) is 0 Å². The molecule has 0 aromatic carbocycles. The first-order valence-corrected chi connectivity index (χ1v) is 13.1. The lowest BCUT2D eigenvalue weighted by atomic mass is 9.55. The zero-order chi connectivity index (χ0) is 22.6. The third kappa shape index (κ3) is 4.41. The molecule has 0 aromatic rings. The van der Waals surface area contributed by atoms with Crippen LogP contribution in [-0.4, -0.2) is 30.2 Å². The summed E-state index contributed by atoms with van der Waals surface area (Å²) in [6.45, 7) is 18.5. The molecule has 0 spiro atoms. The van der Waals surface area contributed by atoms with Gasteiger partial charge in [-0.1, -0.05) is 32.4 Å². The van der Waals surface area contributed by atoms with Crippen LogP contribution >= 0.6 is 0 Å². The van der Waals surface area contributed by atoms with Gasteiger partial charge in [0.1, 0.15) is 0 Å².